The first-order valence-electron chi connectivity index (χ1n) is 11.9. The molecule has 0 aromatic heterocycles. The van der Waals surface area contributed by atoms with Gasteiger partial charge in [-0.3, -0.25) is 9.59 Å². The zero-order valence-corrected chi connectivity index (χ0v) is 20.6. The predicted octanol–water partition coefficient (Wildman–Crippen LogP) is 4.26. The van der Waals surface area contributed by atoms with Crippen LogP contribution in [0.3, 0.4) is 0 Å². The largest absolute Gasteiger partial charge is 0.496 e. The van der Waals surface area contributed by atoms with Crippen molar-refractivity contribution in [2.45, 2.75) is 64.6 Å². The molecule has 1 aliphatic rings. The first kappa shape index (κ1) is 25.4. The number of nitrogens with zero attached hydrogens (tertiary/aromatic N) is 1. The molecule has 2 aromatic rings. The predicted molar refractivity (Wildman–Crippen MR) is 131 cm³/mol. The minimum atomic E-state index is -0.573. The molecule has 7 heteroatoms. The molecule has 0 bridgehead atoms. The molecule has 184 valence electrons. The van der Waals surface area contributed by atoms with Crippen molar-refractivity contribution < 1.29 is 23.8 Å². The standard InChI is InChI=1S/C27H36N2O5/c1-5-25(27(31)28-21-12-8-9-13-21)29(17-20-11-7-6-10-19(20)2)26(30)18-34-24-15-22(32-3)14-23(16-24)33-4/h6-7,10-11,14-16,21,25H,5,8-9,12-13,17-18H2,1-4H3,(H,28,31)/t25-/m1/s1. The zero-order valence-electron chi connectivity index (χ0n) is 20.6. The van der Waals surface area contributed by atoms with E-state index in [-0.39, 0.29) is 24.5 Å². The van der Waals surface area contributed by atoms with Crippen molar-refractivity contribution in [3.63, 3.8) is 0 Å². The molecule has 0 aliphatic heterocycles. The fraction of sp³-hybridized carbons (Fsp3) is 0.481. The van der Waals surface area contributed by atoms with Gasteiger partial charge in [-0.15, -0.1) is 0 Å². The lowest BCUT2D eigenvalue weighted by Crippen LogP contribution is -2.52. The van der Waals surface area contributed by atoms with Gasteiger partial charge in [0.05, 0.1) is 14.2 Å². The van der Waals surface area contributed by atoms with E-state index in [1.807, 2.05) is 38.1 Å². The Morgan fingerprint density at radius 2 is 1.65 bits per heavy atom. The molecule has 1 aliphatic carbocycles. The molecule has 0 unspecified atom stereocenters. The van der Waals surface area contributed by atoms with Gasteiger partial charge in [-0.05, 0) is 37.3 Å². The van der Waals surface area contributed by atoms with E-state index in [0.29, 0.717) is 30.2 Å². The number of methoxy groups -OCH3 is 2. The number of ether oxygens (including phenoxy) is 3. The molecule has 0 heterocycles. The highest BCUT2D eigenvalue weighted by atomic mass is 16.5. The lowest BCUT2D eigenvalue weighted by atomic mass is 10.1. The van der Waals surface area contributed by atoms with Gasteiger partial charge in [0.1, 0.15) is 23.3 Å². The molecular weight excluding hydrogens is 432 g/mol. The minimum absolute atomic E-state index is 0.0978. The van der Waals surface area contributed by atoms with Crippen LogP contribution in [-0.4, -0.2) is 49.6 Å². The van der Waals surface area contributed by atoms with Crippen LogP contribution in [0.25, 0.3) is 0 Å². The average molecular weight is 469 g/mol. The van der Waals surface area contributed by atoms with Gasteiger partial charge in [0.25, 0.3) is 5.91 Å². The summed E-state index contributed by atoms with van der Waals surface area (Å²) in [4.78, 5) is 28.3. The molecule has 0 saturated heterocycles. The molecule has 1 fully saturated rings. The highest BCUT2D eigenvalue weighted by Gasteiger charge is 2.31. The van der Waals surface area contributed by atoms with E-state index < -0.39 is 6.04 Å². The van der Waals surface area contributed by atoms with Crippen molar-refractivity contribution in [1.29, 1.82) is 0 Å². The van der Waals surface area contributed by atoms with Gasteiger partial charge in [0.15, 0.2) is 6.61 Å². The zero-order chi connectivity index (χ0) is 24.5. The van der Waals surface area contributed by atoms with Crippen LogP contribution in [0.2, 0.25) is 0 Å². The van der Waals surface area contributed by atoms with E-state index >= 15 is 0 Å². The molecule has 2 aromatic carbocycles. The van der Waals surface area contributed by atoms with Crippen LogP contribution >= 0.6 is 0 Å². The normalized spacial score (nSPS) is 14.4. The molecule has 3 rings (SSSR count). The maximum Gasteiger partial charge on any atom is 0.261 e. The van der Waals surface area contributed by atoms with Crippen LogP contribution in [0.15, 0.2) is 42.5 Å². The molecule has 1 atom stereocenters. The van der Waals surface area contributed by atoms with E-state index in [2.05, 4.69) is 5.32 Å². The summed E-state index contributed by atoms with van der Waals surface area (Å²) < 4.78 is 16.4. The lowest BCUT2D eigenvalue weighted by Gasteiger charge is -2.32. The summed E-state index contributed by atoms with van der Waals surface area (Å²) in [5.41, 5.74) is 2.08. The Morgan fingerprint density at radius 3 is 2.24 bits per heavy atom. The molecule has 1 saturated carbocycles. The Bertz CT molecular complexity index is 949. The number of carbonyl (C=O) groups excluding carboxylic acids is 2. The van der Waals surface area contributed by atoms with Crippen LogP contribution in [-0.2, 0) is 16.1 Å². The van der Waals surface area contributed by atoms with Gasteiger partial charge in [0.2, 0.25) is 5.91 Å². The monoisotopic (exact) mass is 468 g/mol. The highest BCUT2D eigenvalue weighted by Crippen LogP contribution is 2.27. The van der Waals surface area contributed by atoms with Gasteiger partial charge in [0, 0.05) is 30.8 Å². The Labute approximate surface area is 202 Å². The van der Waals surface area contributed by atoms with E-state index in [1.165, 1.54) is 0 Å². The highest BCUT2D eigenvalue weighted by molar-refractivity contribution is 5.88. The maximum absolute atomic E-state index is 13.4. The van der Waals surface area contributed by atoms with Gasteiger partial charge >= 0.3 is 0 Å². The molecule has 1 N–H and O–H groups in total. The summed E-state index contributed by atoms with van der Waals surface area (Å²) in [7, 11) is 3.12. The van der Waals surface area contributed by atoms with E-state index in [0.717, 1.165) is 36.8 Å². The smallest absolute Gasteiger partial charge is 0.261 e. The van der Waals surface area contributed by atoms with Gasteiger partial charge in [-0.1, -0.05) is 44.0 Å². The van der Waals surface area contributed by atoms with Crippen molar-refractivity contribution in [2.24, 2.45) is 0 Å². The summed E-state index contributed by atoms with van der Waals surface area (Å²) in [6, 6.07) is 12.7. The fourth-order valence-electron chi connectivity index (χ4n) is 4.35. The Kier molecular flexibility index (Phi) is 9.19. The molecule has 0 radical (unpaired) electrons. The van der Waals surface area contributed by atoms with Crippen molar-refractivity contribution in [3.05, 3.63) is 53.6 Å². The minimum Gasteiger partial charge on any atom is -0.496 e. The van der Waals surface area contributed by atoms with Crippen LogP contribution in [0.4, 0.5) is 0 Å². The molecule has 7 nitrogen and oxygen atoms in total. The Balaban J connectivity index is 1.79. The summed E-state index contributed by atoms with van der Waals surface area (Å²) in [5.74, 6) is 1.25. The summed E-state index contributed by atoms with van der Waals surface area (Å²) in [6.45, 7) is 4.09. The van der Waals surface area contributed by atoms with Gasteiger partial charge in [-0.2, -0.15) is 0 Å². The number of aryl methyl sites for hydroxylation is 1. The Morgan fingerprint density at radius 1 is 1.03 bits per heavy atom. The van der Waals surface area contributed by atoms with Crippen LogP contribution in [0.1, 0.15) is 50.2 Å². The summed E-state index contributed by atoms with van der Waals surface area (Å²) in [6.07, 6.45) is 4.77. The third-order valence-corrected chi connectivity index (χ3v) is 6.38. The van der Waals surface area contributed by atoms with E-state index in [9.17, 15) is 9.59 Å². The van der Waals surface area contributed by atoms with E-state index in [4.69, 9.17) is 14.2 Å². The topological polar surface area (TPSA) is 77.1 Å². The second-order valence-electron chi connectivity index (χ2n) is 8.70. The third-order valence-electron chi connectivity index (χ3n) is 6.38. The molecule has 2 amide bonds. The number of hydrogen-bond donors (Lipinski definition) is 1. The first-order chi connectivity index (χ1) is 16.4. The maximum atomic E-state index is 13.4. The van der Waals surface area contributed by atoms with Gasteiger partial charge in [-0.25, -0.2) is 0 Å². The fourth-order valence-corrected chi connectivity index (χ4v) is 4.35. The SMILES string of the molecule is CC[C@H](C(=O)NC1CCCC1)N(Cc1ccccc1C)C(=O)COc1cc(OC)cc(OC)c1. The molecule has 34 heavy (non-hydrogen) atoms. The van der Waals surface area contributed by atoms with Crippen LogP contribution in [0, 0.1) is 6.92 Å². The van der Waals surface area contributed by atoms with Crippen molar-refractivity contribution in [3.8, 4) is 17.2 Å². The average Bonchev–Trinajstić information content (AvgIpc) is 3.36. The molecular formula is C27H36N2O5. The second-order valence-corrected chi connectivity index (χ2v) is 8.70. The van der Waals surface area contributed by atoms with Crippen LogP contribution in [0.5, 0.6) is 17.2 Å². The number of carbonyl (C=O) groups is 2. The second kappa shape index (κ2) is 12.3. The number of nitrogens with one attached hydrogen (secondary N) is 1. The van der Waals surface area contributed by atoms with Crippen LogP contribution < -0.4 is 19.5 Å². The van der Waals surface area contributed by atoms with E-state index in [1.54, 1.807) is 37.3 Å². The number of amides is 2. The number of hydrogen-bond acceptors (Lipinski definition) is 5. The summed E-state index contributed by atoms with van der Waals surface area (Å²) in [5, 5.41) is 3.16. The van der Waals surface area contributed by atoms with Crippen molar-refractivity contribution in [1.82, 2.24) is 10.2 Å². The third kappa shape index (κ3) is 6.65. The quantitative estimate of drug-likeness (QED) is 0.533. The van der Waals surface area contributed by atoms with Gasteiger partial charge < -0.3 is 24.4 Å². The Hall–Kier alpha value is -3.22. The lowest BCUT2D eigenvalue weighted by molar-refractivity contribution is -0.143. The molecule has 0 spiro atoms. The number of rotatable bonds is 11. The number of benzene rings is 2. The first-order valence-corrected chi connectivity index (χ1v) is 11.9. The van der Waals surface area contributed by atoms with Crippen molar-refractivity contribution >= 4 is 11.8 Å². The van der Waals surface area contributed by atoms with Crippen molar-refractivity contribution in [2.75, 3.05) is 20.8 Å². The summed E-state index contributed by atoms with van der Waals surface area (Å²) >= 11 is 0.